The lowest BCUT2D eigenvalue weighted by Gasteiger charge is -2.34. The molecule has 0 aromatic carbocycles. The summed E-state index contributed by atoms with van der Waals surface area (Å²) in [5, 5.41) is 0. The molecule has 3 heteroatoms. The molecule has 1 fully saturated rings. The summed E-state index contributed by atoms with van der Waals surface area (Å²) in [7, 11) is 1.37. The molecule has 1 aliphatic rings. The minimum absolute atomic E-state index is 0.0639. The number of ether oxygens (including phenoxy) is 1. The predicted molar refractivity (Wildman–Crippen MR) is 75.8 cm³/mol. The Balaban J connectivity index is 2.63. The van der Waals surface area contributed by atoms with E-state index >= 15 is 0 Å². The second kappa shape index (κ2) is 7.06. The van der Waals surface area contributed by atoms with Gasteiger partial charge in [0.1, 0.15) is 11.7 Å². The lowest BCUT2D eigenvalue weighted by Crippen LogP contribution is -2.34. The summed E-state index contributed by atoms with van der Waals surface area (Å²) in [5.74, 6) is -0.691. The van der Waals surface area contributed by atoms with Crippen molar-refractivity contribution in [1.29, 1.82) is 0 Å². The second-order valence-electron chi connectivity index (χ2n) is 6.56. The molecule has 0 amide bonds. The lowest BCUT2D eigenvalue weighted by molar-refractivity contribution is -0.151. The largest absolute Gasteiger partial charge is 0.468 e. The smallest absolute Gasteiger partial charge is 0.316 e. The first kappa shape index (κ1) is 16.2. The van der Waals surface area contributed by atoms with E-state index < -0.39 is 5.92 Å². The number of carbonyl (C=O) groups is 2. The number of hydrogen-bond acceptors (Lipinski definition) is 3. The van der Waals surface area contributed by atoms with Crippen molar-refractivity contribution in [3.05, 3.63) is 0 Å². The van der Waals surface area contributed by atoms with Gasteiger partial charge in [-0.1, -0.05) is 33.6 Å². The first-order valence-electron chi connectivity index (χ1n) is 7.53. The van der Waals surface area contributed by atoms with Crippen molar-refractivity contribution >= 4 is 11.8 Å². The first-order valence-corrected chi connectivity index (χ1v) is 7.53. The van der Waals surface area contributed by atoms with Gasteiger partial charge in [-0.15, -0.1) is 0 Å². The number of carbonyl (C=O) groups excluding carboxylic acids is 2. The van der Waals surface area contributed by atoms with Gasteiger partial charge in [-0.25, -0.2) is 0 Å². The summed E-state index contributed by atoms with van der Waals surface area (Å²) in [5.41, 5.74) is 0.348. The van der Waals surface area contributed by atoms with Crippen LogP contribution in [0.5, 0.6) is 0 Å². The number of rotatable bonds is 6. The van der Waals surface area contributed by atoms with E-state index in [0.29, 0.717) is 11.8 Å². The van der Waals surface area contributed by atoms with Crippen molar-refractivity contribution in [2.75, 3.05) is 7.11 Å². The van der Waals surface area contributed by atoms with Gasteiger partial charge in [0.25, 0.3) is 0 Å². The van der Waals surface area contributed by atoms with E-state index in [2.05, 4.69) is 20.8 Å². The highest BCUT2D eigenvalue weighted by Crippen LogP contribution is 2.39. The molecule has 0 aromatic heterocycles. The molecule has 3 nitrogen and oxygen atoms in total. The summed E-state index contributed by atoms with van der Waals surface area (Å²) < 4.78 is 4.80. The molecule has 0 saturated heterocycles. The molecule has 0 radical (unpaired) electrons. The van der Waals surface area contributed by atoms with Crippen LogP contribution < -0.4 is 0 Å². The molecular formula is C16H28O3. The summed E-state index contributed by atoms with van der Waals surface area (Å²) in [6.07, 6.45) is 6.54. The summed E-state index contributed by atoms with van der Waals surface area (Å²) in [4.78, 5) is 24.3. The Kier molecular flexibility index (Phi) is 6.02. The highest BCUT2D eigenvalue weighted by Gasteiger charge is 2.36. The summed E-state index contributed by atoms with van der Waals surface area (Å²) in [6.45, 7) is 6.58. The van der Waals surface area contributed by atoms with E-state index in [-0.39, 0.29) is 17.7 Å². The van der Waals surface area contributed by atoms with E-state index in [4.69, 9.17) is 4.74 Å². The minimum atomic E-state index is -0.531. The SMILES string of the molecule is CCCCC(C(=O)OC)C(=O)C1CCC(C)(C)CC1. The molecule has 0 aromatic rings. The topological polar surface area (TPSA) is 43.4 Å². The fourth-order valence-electron chi connectivity index (χ4n) is 2.90. The van der Waals surface area contributed by atoms with Crippen molar-refractivity contribution in [2.45, 2.75) is 65.7 Å². The van der Waals surface area contributed by atoms with Crippen LogP contribution in [0.2, 0.25) is 0 Å². The van der Waals surface area contributed by atoms with Crippen LogP contribution in [0.1, 0.15) is 65.7 Å². The zero-order valence-corrected chi connectivity index (χ0v) is 12.8. The van der Waals surface area contributed by atoms with Gasteiger partial charge < -0.3 is 4.74 Å². The van der Waals surface area contributed by atoms with Gasteiger partial charge in [0.15, 0.2) is 0 Å². The monoisotopic (exact) mass is 268 g/mol. The van der Waals surface area contributed by atoms with Crippen LogP contribution in [0.3, 0.4) is 0 Å². The third kappa shape index (κ3) is 4.63. The Morgan fingerprint density at radius 3 is 2.32 bits per heavy atom. The molecule has 0 heterocycles. The highest BCUT2D eigenvalue weighted by atomic mass is 16.5. The van der Waals surface area contributed by atoms with Crippen LogP contribution in [-0.2, 0) is 14.3 Å². The van der Waals surface area contributed by atoms with E-state index in [1.54, 1.807) is 0 Å². The normalized spacial score (nSPS) is 20.8. The molecule has 1 saturated carbocycles. The van der Waals surface area contributed by atoms with Gasteiger partial charge >= 0.3 is 5.97 Å². The quantitative estimate of drug-likeness (QED) is 0.544. The first-order chi connectivity index (χ1) is 8.91. The third-order valence-corrected chi connectivity index (χ3v) is 4.42. The van der Waals surface area contributed by atoms with E-state index in [9.17, 15) is 9.59 Å². The van der Waals surface area contributed by atoms with Gasteiger partial charge in [-0.3, -0.25) is 9.59 Å². The van der Waals surface area contributed by atoms with Crippen LogP contribution in [-0.4, -0.2) is 18.9 Å². The van der Waals surface area contributed by atoms with Crippen LogP contribution in [0, 0.1) is 17.3 Å². The average molecular weight is 268 g/mol. The van der Waals surface area contributed by atoms with E-state index in [1.165, 1.54) is 7.11 Å². The van der Waals surface area contributed by atoms with Gasteiger partial charge in [-0.2, -0.15) is 0 Å². The minimum Gasteiger partial charge on any atom is -0.468 e. The van der Waals surface area contributed by atoms with Gasteiger partial charge in [-0.05, 0) is 37.5 Å². The maximum absolute atomic E-state index is 12.5. The van der Waals surface area contributed by atoms with Crippen LogP contribution in [0.15, 0.2) is 0 Å². The standard InChI is InChI=1S/C16H28O3/c1-5-6-7-13(15(18)19-4)14(17)12-8-10-16(2,3)11-9-12/h12-13H,5-11H2,1-4H3. The summed E-state index contributed by atoms with van der Waals surface area (Å²) in [6, 6.07) is 0. The molecule has 1 unspecified atom stereocenters. The Bertz CT molecular complexity index is 310. The Labute approximate surface area is 117 Å². The number of hydrogen-bond donors (Lipinski definition) is 0. The van der Waals surface area contributed by atoms with Gasteiger partial charge in [0.2, 0.25) is 0 Å². The van der Waals surface area contributed by atoms with Crippen molar-refractivity contribution in [1.82, 2.24) is 0 Å². The van der Waals surface area contributed by atoms with Crippen molar-refractivity contribution in [2.24, 2.45) is 17.3 Å². The zero-order chi connectivity index (χ0) is 14.5. The number of Topliss-reactive ketones (excluding diaryl/α,β-unsaturated/α-hetero) is 1. The molecule has 0 N–H and O–H groups in total. The van der Waals surface area contributed by atoms with Gasteiger partial charge in [0, 0.05) is 5.92 Å². The molecule has 0 bridgehead atoms. The van der Waals surface area contributed by atoms with Gasteiger partial charge in [0.05, 0.1) is 7.11 Å². The Morgan fingerprint density at radius 2 is 1.84 bits per heavy atom. The van der Waals surface area contributed by atoms with Crippen molar-refractivity contribution < 1.29 is 14.3 Å². The fraction of sp³-hybridized carbons (Fsp3) is 0.875. The molecular weight excluding hydrogens is 240 g/mol. The number of methoxy groups -OCH3 is 1. The van der Waals surface area contributed by atoms with Crippen LogP contribution in [0.4, 0.5) is 0 Å². The highest BCUT2D eigenvalue weighted by molar-refractivity contribution is 6.00. The molecule has 1 rings (SSSR count). The second-order valence-corrected chi connectivity index (χ2v) is 6.56. The number of unbranched alkanes of at least 4 members (excludes halogenated alkanes) is 1. The zero-order valence-electron chi connectivity index (χ0n) is 12.8. The molecule has 0 spiro atoms. The Hall–Kier alpha value is -0.860. The van der Waals surface area contributed by atoms with E-state index in [0.717, 1.165) is 38.5 Å². The lowest BCUT2D eigenvalue weighted by atomic mass is 9.70. The van der Waals surface area contributed by atoms with Crippen molar-refractivity contribution in [3.63, 3.8) is 0 Å². The predicted octanol–water partition coefficient (Wildman–Crippen LogP) is 3.75. The molecule has 110 valence electrons. The Morgan fingerprint density at radius 1 is 1.26 bits per heavy atom. The molecule has 19 heavy (non-hydrogen) atoms. The molecule has 1 aliphatic carbocycles. The number of ketones is 1. The molecule has 1 atom stereocenters. The maximum atomic E-state index is 12.5. The van der Waals surface area contributed by atoms with Crippen LogP contribution >= 0.6 is 0 Å². The number of esters is 1. The average Bonchev–Trinajstić information content (AvgIpc) is 2.38. The fourth-order valence-corrected chi connectivity index (χ4v) is 2.90. The molecule has 0 aliphatic heterocycles. The summed E-state index contributed by atoms with van der Waals surface area (Å²) >= 11 is 0. The third-order valence-electron chi connectivity index (χ3n) is 4.42. The van der Waals surface area contributed by atoms with Crippen LogP contribution in [0.25, 0.3) is 0 Å². The van der Waals surface area contributed by atoms with Crippen molar-refractivity contribution in [3.8, 4) is 0 Å². The maximum Gasteiger partial charge on any atom is 0.316 e. The van der Waals surface area contributed by atoms with E-state index in [1.807, 2.05) is 0 Å².